The summed E-state index contributed by atoms with van der Waals surface area (Å²) in [4.78, 5) is 22.7. The maximum atomic E-state index is 11.8. The van der Waals surface area contributed by atoms with Gasteiger partial charge in [0.25, 0.3) is 5.91 Å². The predicted octanol–water partition coefficient (Wildman–Crippen LogP) is 1.95. The number of halogens is 1. The van der Waals surface area contributed by atoms with E-state index in [1.807, 2.05) is 6.92 Å². The van der Waals surface area contributed by atoms with E-state index in [9.17, 15) is 4.79 Å². The van der Waals surface area contributed by atoms with Crippen LogP contribution in [0, 0.1) is 0 Å². The number of aromatic nitrogens is 3. The summed E-state index contributed by atoms with van der Waals surface area (Å²) in [6, 6.07) is 3.02. The molecule has 0 radical (unpaired) electrons. The number of imidazole rings is 1. The number of aromatic amines is 1. The van der Waals surface area contributed by atoms with Crippen LogP contribution in [-0.2, 0) is 0 Å². The van der Waals surface area contributed by atoms with E-state index in [-0.39, 0.29) is 11.9 Å². The molecule has 0 saturated heterocycles. The molecule has 17 heavy (non-hydrogen) atoms. The van der Waals surface area contributed by atoms with Gasteiger partial charge in [0.2, 0.25) is 0 Å². The molecule has 1 amide bonds. The fourth-order valence-corrected chi connectivity index (χ4v) is 1.48. The first-order valence-electron chi connectivity index (χ1n) is 5.08. The molecule has 0 bridgehead atoms. The summed E-state index contributed by atoms with van der Waals surface area (Å²) in [5, 5.41) is 3.16. The maximum absolute atomic E-state index is 11.8. The lowest BCUT2D eigenvalue weighted by molar-refractivity contribution is 0.0938. The summed E-state index contributed by atoms with van der Waals surface area (Å²) >= 11 is 5.65. The van der Waals surface area contributed by atoms with Gasteiger partial charge in [0.1, 0.15) is 11.0 Å². The van der Waals surface area contributed by atoms with Crippen LogP contribution in [0.2, 0.25) is 5.15 Å². The van der Waals surface area contributed by atoms with Crippen LogP contribution < -0.4 is 5.32 Å². The molecule has 0 aliphatic rings. The molecule has 0 spiro atoms. The van der Waals surface area contributed by atoms with Gasteiger partial charge in [-0.15, -0.1) is 0 Å². The molecular weight excluding hydrogens is 240 g/mol. The van der Waals surface area contributed by atoms with E-state index in [0.717, 1.165) is 0 Å². The summed E-state index contributed by atoms with van der Waals surface area (Å²) in [7, 11) is 0. The van der Waals surface area contributed by atoms with Crippen molar-refractivity contribution in [2.24, 2.45) is 0 Å². The lowest BCUT2D eigenvalue weighted by Crippen LogP contribution is -2.27. The summed E-state index contributed by atoms with van der Waals surface area (Å²) in [5.74, 6) is 0.498. The second kappa shape index (κ2) is 4.97. The van der Waals surface area contributed by atoms with Crippen molar-refractivity contribution >= 4 is 17.5 Å². The monoisotopic (exact) mass is 250 g/mol. The minimum absolute atomic E-state index is 0.187. The Balaban J connectivity index is 2.04. The minimum Gasteiger partial charge on any atom is -0.347 e. The minimum atomic E-state index is -0.210. The summed E-state index contributed by atoms with van der Waals surface area (Å²) in [6.07, 6.45) is 4.79. The van der Waals surface area contributed by atoms with E-state index in [1.54, 1.807) is 24.5 Å². The molecule has 6 heteroatoms. The number of pyridine rings is 1. The number of rotatable bonds is 3. The molecule has 88 valence electrons. The average molecular weight is 251 g/mol. The molecule has 0 aliphatic carbocycles. The van der Waals surface area contributed by atoms with Crippen LogP contribution in [0.3, 0.4) is 0 Å². The summed E-state index contributed by atoms with van der Waals surface area (Å²) in [6.45, 7) is 1.85. The number of nitrogens with one attached hydrogen (secondary N) is 2. The zero-order chi connectivity index (χ0) is 12.3. The molecule has 2 heterocycles. The van der Waals surface area contributed by atoms with Gasteiger partial charge in [-0.1, -0.05) is 11.6 Å². The van der Waals surface area contributed by atoms with E-state index < -0.39 is 0 Å². The van der Waals surface area contributed by atoms with E-state index in [4.69, 9.17) is 11.6 Å². The molecule has 1 atom stereocenters. The number of hydrogen-bond acceptors (Lipinski definition) is 3. The van der Waals surface area contributed by atoms with Gasteiger partial charge in [-0.3, -0.25) is 4.79 Å². The van der Waals surface area contributed by atoms with Crippen molar-refractivity contribution in [3.8, 4) is 0 Å². The third kappa shape index (κ3) is 2.82. The molecule has 2 aromatic rings. The van der Waals surface area contributed by atoms with Crippen LogP contribution in [0.4, 0.5) is 0 Å². The highest BCUT2D eigenvalue weighted by molar-refractivity contribution is 6.29. The van der Waals surface area contributed by atoms with Crippen molar-refractivity contribution in [2.45, 2.75) is 13.0 Å². The topological polar surface area (TPSA) is 70.7 Å². The first kappa shape index (κ1) is 11.6. The Kier molecular flexibility index (Phi) is 3.39. The zero-order valence-corrected chi connectivity index (χ0v) is 9.90. The molecule has 2 rings (SSSR count). The zero-order valence-electron chi connectivity index (χ0n) is 9.14. The quantitative estimate of drug-likeness (QED) is 0.818. The van der Waals surface area contributed by atoms with Gasteiger partial charge in [-0.05, 0) is 19.1 Å². The molecule has 2 N–H and O–H groups in total. The van der Waals surface area contributed by atoms with Gasteiger partial charge in [0, 0.05) is 18.6 Å². The highest BCUT2D eigenvalue weighted by atomic mass is 35.5. The summed E-state index contributed by atoms with van der Waals surface area (Å²) < 4.78 is 0. The van der Waals surface area contributed by atoms with Crippen molar-refractivity contribution in [2.75, 3.05) is 0 Å². The van der Waals surface area contributed by atoms with Gasteiger partial charge < -0.3 is 10.3 Å². The van der Waals surface area contributed by atoms with Crippen LogP contribution >= 0.6 is 11.6 Å². The third-order valence-corrected chi connectivity index (χ3v) is 2.49. The van der Waals surface area contributed by atoms with Crippen LogP contribution in [0.5, 0.6) is 0 Å². The van der Waals surface area contributed by atoms with Gasteiger partial charge >= 0.3 is 0 Å². The molecule has 2 aromatic heterocycles. The molecule has 0 saturated carbocycles. The van der Waals surface area contributed by atoms with Crippen LogP contribution in [0.25, 0.3) is 0 Å². The van der Waals surface area contributed by atoms with Gasteiger partial charge in [0.15, 0.2) is 0 Å². The van der Waals surface area contributed by atoms with Crippen molar-refractivity contribution in [1.82, 2.24) is 20.3 Å². The Morgan fingerprint density at radius 2 is 2.29 bits per heavy atom. The smallest absolute Gasteiger partial charge is 0.253 e. The van der Waals surface area contributed by atoms with Crippen molar-refractivity contribution < 1.29 is 4.79 Å². The number of hydrogen-bond donors (Lipinski definition) is 2. The number of carbonyl (C=O) groups excluding carboxylic acids is 1. The number of nitrogens with zero attached hydrogens (tertiary/aromatic N) is 2. The first-order chi connectivity index (χ1) is 8.16. The Labute approximate surface area is 103 Å². The largest absolute Gasteiger partial charge is 0.347 e. The predicted molar refractivity (Wildman–Crippen MR) is 63.7 cm³/mol. The van der Waals surface area contributed by atoms with Gasteiger partial charge in [-0.25, -0.2) is 9.97 Å². The van der Waals surface area contributed by atoms with E-state index in [2.05, 4.69) is 20.3 Å². The highest BCUT2D eigenvalue weighted by Gasteiger charge is 2.12. The Hall–Kier alpha value is -1.88. The normalized spacial score (nSPS) is 12.1. The second-order valence-electron chi connectivity index (χ2n) is 3.54. The number of carbonyl (C=O) groups is 1. The van der Waals surface area contributed by atoms with E-state index in [0.29, 0.717) is 16.5 Å². The van der Waals surface area contributed by atoms with E-state index in [1.165, 1.54) is 6.20 Å². The number of amides is 1. The first-order valence-corrected chi connectivity index (χ1v) is 5.46. The van der Waals surface area contributed by atoms with Gasteiger partial charge in [-0.2, -0.15) is 0 Å². The standard InChI is InChI=1S/C11H11ClN4O/c1-7(10-13-4-5-14-10)16-11(17)8-2-3-9(12)15-6-8/h2-7H,1H3,(H,13,14)(H,16,17). The molecule has 5 nitrogen and oxygen atoms in total. The van der Waals surface area contributed by atoms with Crippen LogP contribution in [0.15, 0.2) is 30.7 Å². The fraction of sp³-hybridized carbons (Fsp3) is 0.182. The Morgan fingerprint density at radius 1 is 1.47 bits per heavy atom. The lowest BCUT2D eigenvalue weighted by atomic mass is 10.2. The lowest BCUT2D eigenvalue weighted by Gasteiger charge is -2.11. The van der Waals surface area contributed by atoms with Crippen LogP contribution in [0.1, 0.15) is 29.1 Å². The fourth-order valence-electron chi connectivity index (χ4n) is 1.37. The van der Waals surface area contributed by atoms with Crippen molar-refractivity contribution in [1.29, 1.82) is 0 Å². The average Bonchev–Trinajstić information content (AvgIpc) is 2.83. The van der Waals surface area contributed by atoms with Crippen molar-refractivity contribution in [3.05, 3.63) is 47.3 Å². The molecule has 0 aliphatic heterocycles. The Bertz CT molecular complexity index is 495. The third-order valence-electron chi connectivity index (χ3n) is 2.27. The second-order valence-corrected chi connectivity index (χ2v) is 3.93. The molecule has 1 unspecified atom stereocenters. The number of H-pyrrole nitrogens is 1. The van der Waals surface area contributed by atoms with Crippen molar-refractivity contribution in [3.63, 3.8) is 0 Å². The molecular formula is C11H11ClN4O. The molecule has 0 fully saturated rings. The maximum Gasteiger partial charge on any atom is 0.253 e. The van der Waals surface area contributed by atoms with Gasteiger partial charge in [0.05, 0.1) is 11.6 Å². The highest BCUT2D eigenvalue weighted by Crippen LogP contribution is 2.09. The molecule has 0 aromatic carbocycles. The SMILES string of the molecule is CC(NC(=O)c1ccc(Cl)nc1)c1ncc[nH]1. The summed E-state index contributed by atoms with van der Waals surface area (Å²) in [5.41, 5.74) is 0.466. The Morgan fingerprint density at radius 3 is 2.88 bits per heavy atom. The van der Waals surface area contributed by atoms with Crippen LogP contribution in [-0.4, -0.2) is 20.9 Å². The van der Waals surface area contributed by atoms with E-state index >= 15 is 0 Å².